The molecule has 0 N–H and O–H groups in total. The minimum atomic E-state index is -0.415. The van der Waals surface area contributed by atoms with Crippen molar-refractivity contribution in [1.82, 2.24) is 0 Å². The van der Waals surface area contributed by atoms with E-state index in [-0.39, 0.29) is 5.82 Å². The Kier molecular flexibility index (Phi) is 3.38. The van der Waals surface area contributed by atoms with Crippen LogP contribution in [0.1, 0.15) is 17.2 Å². The van der Waals surface area contributed by atoms with Crippen LogP contribution in [-0.2, 0) is 0 Å². The second-order valence-corrected chi connectivity index (χ2v) is 3.57. The van der Waals surface area contributed by atoms with Crippen molar-refractivity contribution in [1.29, 1.82) is 0 Å². The third kappa shape index (κ3) is 2.62. The van der Waals surface area contributed by atoms with Gasteiger partial charge in [-0.15, -0.1) is 0 Å². The lowest BCUT2D eigenvalue weighted by atomic mass is 10.00. The second-order valence-electron chi connectivity index (χ2n) is 3.57. The summed E-state index contributed by atoms with van der Waals surface area (Å²) in [7, 11) is 0. The number of hydrogen-bond acceptors (Lipinski definition) is 1. The smallest absolute Gasteiger partial charge is 0.123 e. The summed E-state index contributed by atoms with van der Waals surface area (Å²) in [6.07, 6.45) is 0. The summed E-state index contributed by atoms with van der Waals surface area (Å²) in [6, 6.07) is 14.9. The molecule has 0 aliphatic rings. The fraction of sp³-hybridized carbons (Fsp3) is 0.0769. The molecule has 0 heterocycles. The predicted molar refractivity (Wildman–Crippen MR) is 63.8 cm³/mol. The molecular formula is C13H10FN3. The maximum Gasteiger partial charge on any atom is 0.123 e. The van der Waals surface area contributed by atoms with Gasteiger partial charge >= 0.3 is 0 Å². The molecule has 1 unspecified atom stereocenters. The van der Waals surface area contributed by atoms with E-state index in [0.717, 1.165) is 11.1 Å². The van der Waals surface area contributed by atoms with Crippen molar-refractivity contribution in [2.75, 3.05) is 0 Å². The number of azide groups is 1. The van der Waals surface area contributed by atoms with E-state index in [1.165, 1.54) is 12.1 Å². The molecule has 2 aromatic rings. The Morgan fingerprint density at radius 3 is 2.12 bits per heavy atom. The van der Waals surface area contributed by atoms with Gasteiger partial charge in [-0.3, -0.25) is 0 Å². The van der Waals surface area contributed by atoms with E-state index in [9.17, 15) is 4.39 Å². The van der Waals surface area contributed by atoms with E-state index < -0.39 is 6.04 Å². The molecule has 0 aromatic heterocycles. The van der Waals surface area contributed by atoms with E-state index in [4.69, 9.17) is 5.53 Å². The van der Waals surface area contributed by atoms with Crippen molar-refractivity contribution in [2.45, 2.75) is 6.04 Å². The third-order valence-corrected chi connectivity index (χ3v) is 2.47. The van der Waals surface area contributed by atoms with Gasteiger partial charge in [0, 0.05) is 4.91 Å². The van der Waals surface area contributed by atoms with Crippen molar-refractivity contribution < 1.29 is 4.39 Å². The fourth-order valence-electron chi connectivity index (χ4n) is 1.66. The molecule has 0 bridgehead atoms. The number of hydrogen-bond donors (Lipinski definition) is 0. The minimum Gasteiger partial charge on any atom is -0.207 e. The molecule has 4 heteroatoms. The Bertz CT molecular complexity index is 530. The molecule has 84 valence electrons. The van der Waals surface area contributed by atoms with E-state index in [0.29, 0.717) is 0 Å². The van der Waals surface area contributed by atoms with Crippen LogP contribution in [0, 0.1) is 5.82 Å². The van der Waals surface area contributed by atoms with Crippen LogP contribution in [-0.4, -0.2) is 0 Å². The van der Waals surface area contributed by atoms with Crippen LogP contribution >= 0.6 is 0 Å². The van der Waals surface area contributed by atoms with Crippen LogP contribution in [0.4, 0.5) is 4.39 Å². The summed E-state index contributed by atoms with van der Waals surface area (Å²) in [5.74, 6) is -0.304. The Morgan fingerprint density at radius 1 is 0.941 bits per heavy atom. The lowest BCUT2D eigenvalue weighted by Crippen LogP contribution is -1.96. The molecule has 17 heavy (non-hydrogen) atoms. The third-order valence-electron chi connectivity index (χ3n) is 2.47. The Hall–Kier alpha value is -2.32. The Balaban J connectivity index is 2.42. The average molecular weight is 227 g/mol. The van der Waals surface area contributed by atoms with Crippen molar-refractivity contribution in [2.24, 2.45) is 5.11 Å². The lowest BCUT2D eigenvalue weighted by Gasteiger charge is -2.11. The van der Waals surface area contributed by atoms with Gasteiger partial charge in [-0.05, 0) is 28.8 Å². The van der Waals surface area contributed by atoms with E-state index in [1.807, 2.05) is 30.3 Å². The highest BCUT2D eigenvalue weighted by Gasteiger charge is 2.11. The first-order valence-corrected chi connectivity index (χ1v) is 5.16. The van der Waals surface area contributed by atoms with Crippen molar-refractivity contribution in [3.8, 4) is 0 Å². The number of nitrogens with zero attached hydrogens (tertiary/aromatic N) is 3. The maximum absolute atomic E-state index is 12.8. The molecule has 1 atom stereocenters. The summed E-state index contributed by atoms with van der Waals surface area (Å²) in [5, 5.41) is 3.75. The normalized spacial score (nSPS) is 11.6. The zero-order valence-electron chi connectivity index (χ0n) is 8.99. The van der Waals surface area contributed by atoms with Gasteiger partial charge in [0.1, 0.15) is 5.82 Å². The summed E-state index contributed by atoms with van der Waals surface area (Å²) in [4.78, 5) is 2.84. The number of halogens is 1. The first-order valence-electron chi connectivity index (χ1n) is 5.16. The highest BCUT2D eigenvalue weighted by Crippen LogP contribution is 2.26. The molecule has 0 fully saturated rings. The maximum atomic E-state index is 12.8. The lowest BCUT2D eigenvalue weighted by molar-refractivity contribution is 0.626. The van der Waals surface area contributed by atoms with Gasteiger partial charge < -0.3 is 0 Å². The molecule has 3 nitrogen and oxygen atoms in total. The Morgan fingerprint density at radius 2 is 1.53 bits per heavy atom. The van der Waals surface area contributed by atoms with E-state index in [2.05, 4.69) is 10.0 Å². The first-order chi connectivity index (χ1) is 8.31. The van der Waals surface area contributed by atoms with Crippen LogP contribution in [0.25, 0.3) is 10.4 Å². The van der Waals surface area contributed by atoms with Gasteiger partial charge in [-0.1, -0.05) is 47.6 Å². The average Bonchev–Trinajstić information content (AvgIpc) is 2.38. The highest BCUT2D eigenvalue weighted by molar-refractivity contribution is 5.31. The monoisotopic (exact) mass is 227 g/mol. The van der Waals surface area contributed by atoms with Crippen LogP contribution in [0.3, 0.4) is 0 Å². The van der Waals surface area contributed by atoms with E-state index in [1.54, 1.807) is 12.1 Å². The first kappa shape index (κ1) is 11.2. The SMILES string of the molecule is [N-]=[N+]=NC(c1ccccc1)c1ccc(F)cc1. The molecule has 0 saturated carbocycles. The van der Waals surface area contributed by atoms with Gasteiger partial charge in [0.05, 0.1) is 6.04 Å². The topological polar surface area (TPSA) is 48.8 Å². The standard InChI is InChI=1S/C13H10FN3/c14-12-8-6-11(7-9-12)13(16-17-15)10-4-2-1-3-5-10/h1-9,13H. The second kappa shape index (κ2) is 5.14. The van der Waals surface area contributed by atoms with Gasteiger partial charge in [-0.25, -0.2) is 4.39 Å². The molecule has 0 radical (unpaired) electrons. The molecule has 2 rings (SSSR count). The molecule has 0 spiro atoms. The minimum absolute atomic E-state index is 0.304. The predicted octanol–water partition coefficient (Wildman–Crippen LogP) is 4.23. The summed E-state index contributed by atoms with van der Waals surface area (Å²) >= 11 is 0. The number of rotatable bonds is 3. The molecule has 0 aliphatic heterocycles. The molecular weight excluding hydrogens is 217 g/mol. The van der Waals surface area contributed by atoms with Gasteiger partial charge in [-0.2, -0.15) is 0 Å². The zero-order valence-corrected chi connectivity index (χ0v) is 8.99. The van der Waals surface area contributed by atoms with Crippen molar-refractivity contribution >= 4 is 0 Å². The Labute approximate surface area is 98.2 Å². The highest BCUT2D eigenvalue weighted by atomic mass is 19.1. The largest absolute Gasteiger partial charge is 0.207 e. The number of benzene rings is 2. The molecule has 0 amide bonds. The van der Waals surface area contributed by atoms with Gasteiger partial charge in [0.2, 0.25) is 0 Å². The van der Waals surface area contributed by atoms with Crippen LogP contribution in [0.15, 0.2) is 59.7 Å². The van der Waals surface area contributed by atoms with Crippen LogP contribution < -0.4 is 0 Å². The van der Waals surface area contributed by atoms with E-state index >= 15 is 0 Å². The van der Waals surface area contributed by atoms with Crippen LogP contribution in [0.2, 0.25) is 0 Å². The van der Waals surface area contributed by atoms with Crippen molar-refractivity contribution in [3.05, 3.63) is 82.0 Å². The summed E-state index contributed by atoms with van der Waals surface area (Å²) in [5.41, 5.74) is 10.3. The summed E-state index contributed by atoms with van der Waals surface area (Å²) in [6.45, 7) is 0. The molecule has 0 aliphatic carbocycles. The van der Waals surface area contributed by atoms with Gasteiger partial charge in [0.25, 0.3) is 0 Å². The fourth-order valence-corrected chi connectivity index (χ4v) is 1.66. The van der Waals surface area contributed by atoms with Crippen LogP contribution in [0.5, 0.6) is 0 Å². The quantitative estimate of drug-likeness (QED) is 0.428. The summed E-state index contributed by atoms with van der Waals surface area (Å²) < 4.78 is 12.8. The zero-order chi connectivity index (χ0) is 12.1. The van der Waals surface area contributed by atoms with Gasteiger partial charge in [0.15, 0.2) is 0 Å². The molecule has 2 aromatic carbocycles. The van der Waals surface area contributed by atoms with Crippen molar-refractivity contribution in [3.63, 3.8) is 0 Å². The molecule has 0 saturated heterocycles.